The van der Waals surface area contributed by atoms with E-state index in [-0.39, 0.29) is 5.97 Å². The first-order valence-corrected chi connectivity index (χ1v) is 6.34. The van der Waals surface area contributed by atoms with E-state index in [0.717, 1.165) is 30.9 Å². The molecule has 1 atom stereocenters. The van der Waals surface area contributed by atoms with Crippen LogP contribution in [0.15, 0.2) is 0 Å². The van der Waals surface area contributed by atoms with Gasteiger partial charge in [0, 0.05) is 12.5 Å². The van der Waals surface area contributed by atoms with Crippen molar-refractivity contribution in [1.82, 2.24) is 15.5 Å². The molecule has 2 rings (SSSR count). The van der Waals surface area contributed by atoms with Crippen molar-refractivity contribution in [3.8, 4) is 0 Å². The lowest BCUT2D eigenvalue weighted by atomic mass is 10.0. The molecule has 1 aromatic rings. The highest BCUT2D eigenvalue weighted by atomic mass is 32.1. The number of carbonyl (C=O) groups is 1. The summed E-state index contributed by atoms with van der Waals surface area (Å²) in [7, 11) is 0. The first-order valence-electron chi connectivity index (χ1n) is 5.52. The van der Waals surface area contributed by atoms with E-state index in [2.05, 4.69) is 15.5 Å². The zero-order chi connectivity index (χ0) is 11.4. The first-order chi connectivity index (χ1) is 7.81. The van der Waals surface area contributed by atoms with E-state index in [1.54, 1.807) is 6.92 Å². The summed E-state index contributed by atoms with van der Waals surface area (Å²) in [5.74, 6) is 0.0319. The van der Waals surface area contributed by atoms with E-state index in [0.29, 0.717) is 17.5 Å². The molecule has 1 aromatic heterocycles. The summed E-state index contributed by atoms with van der Waals surface area (Å²) in [6.07, 6.45) is 2.27. The fourth-order valence-electron chi connectivity index (χ4n) is 1.74. The van der Waals surface area contributed by atoms with E-state index in [1.807, 2.05) is 0 Å². The molecule has 16 heavy (non-hydrogen) atoms. The van der Waals surface area contributed by atoms with Crippen LogP contribution in [0.2, 0.25) is 0 Å². The van der Waals surface area contributed by atoms with Gasteiger partial charge in [0.05, 0.1) is 6.61 Å². The predicted molar refractivity (Wildman–Crippen MR) is 60.7 cm³/mol. The molecule has 1 saturated heterocycles. The quantitative estimate of drug-likeness (QED) is 0.805. The van der Waals surface area contributed by atoms with Crippen molar-refractivity contribution in [3.63, 3.8) is 0 Å². The Bertz CT molecular complexity index is 361. The second-order valence-electron chi connectivity index (χ2n) is 3.71. The maximum atomic E-state index is 11.4. The van der Waals surface area contributed by atoms with Crippen LogP contribution in [-0.4, -0.2) is 35.9 Å². The molecule has 0 aliphatic carbocycles. The standard InChI is InChI=1S/C10H15N3O2S/c1-2-15-10(14)9-13-12-8(16-9)7-4-3-5-11-6-7/h7,11H,2-6H2,1H3. The molecule has 5 nitrogen and oxygen atoms in total. The molecule has 1 aliphatic rings. The second-order valence-corrected chi connectivity index (χ2v) is 4.72. The molecular weight excluding hydrogens is 226 g/mol. The van der Waals surface area contributed by atoms with Crippen molar-refractivity contribution < 1.29 is 9.53 Å². The molecule has 0 aromatic carbocycles. The summed E-state index contributed by atoms with van der Waals surface area (Å²) >= 11 is 1.35. The lowest BCUT2D eigenvalue weighted by Crippen LogP contribution is -2.28. The van der Waals surface area contributed by atoms with Gasteiger partial charge in [-0.2, -0.15) is 0 Å². The van der Waals surface area contributed by atoms with Crippen LogP contribution in [0.4, 0.5) is 0 Å². The zero-order valence-corrected chi connectivity index (χ0v) is 10.0. The summed E-state index contributed by atoms with van der Waals surface area (Å²) in [5.41, 5.74) is 0. The molecule has 0 spiro atoms. The third-order valence-corrected chi connectivity index (χ3v) is 3.60. The number of aromatic nitrogens is 2. The summed E-state index contributed by atoms with van der Waals surface area (Å²) < 4.78 is 4.88. The molecule has 88 valence electrons. The highest BCUT2D eigenvalue weighted by Crippen LogP contribution is 2.26. The molecule has 1 unspecified atom stereocenters. The van der Waals surface area contributed by atoms with Crippen LogP contribution < -0.4 is 5.32 Å². The predicted octanol–water partition coefficient (Wildman–Crippen LogP) is 1.18. The van der Waals surface area contributed by atoms with Gasteiger partial charge in [-0.1, -0.05) is 11.3 Å². The first kappa shape index (κ1) is 11.5. The van der Waals surface area contributed by atoms with Crippen LogP contribution in [0.3, 0.4) is 0 Å². The molecule has 1 aliphatic heterocycles. The average molecular weight is 241 g/mol. The molecule has 0 amide bonds. The SMILES string of the molecule is CCOC(=O)c1nnc(C2CCCNC2)s1. The van der Waals surface area contributed by atoms with Crippen LogP contribution in [0.25, 0.3) is 0 Å². The van der Waals surface area contributed by atoms with Gasteiger partial charge in [0.15, 0.2) is 0 Å². The van der Waals surface area contributed by atoms with E-state index < -0.39 is 0 Å². The normalized spacial score (nSPS) is 20.7. The minimum atomic E-state index is -0.366. The molecule has 0 bridgehead atoms. The van der Waals surface area contributed by atoms with Gasteiger partial charge in [0.1, 0.15) is 5.01 Å². The van der Waals surface area contributed by atoms with Crippen molar-refractivity contribution in [3.05, 3.63) is 10.0 Å². The summed E-state index contributed by atoms with van der Waals surface area (Å²) in [6, 6.07) is 0. The van der Waals surface area contributed by atoms with Crippen molar-refractivity contribution >= 4 is 17.3 Å². The monoisotopic (exact) mass is 241 g/mol. The molecule has 1 N–H and O–H groups in total. The molecular formula is C10H15N3O2S. The number of rotatable bonds is 3. The van der Waals surface area contributed by atoms with Gasteiger partial charge in [0.25, 0.3) is 0 Å². The van der Waals surface area contributed by atoms with Crippen LogP contribution in [0, 0.1) is 0 Å². The highest BCUT2D eigenvalue weighted by Gasteiger charge is 2.21. The third-order valence-electron chi connectivity index (χ3n) is 2.54. The minimum Gasteiger partial charge on any atom is -0.461 e. The Labute approximate surface area is 98.2 Å². The van der Waals surface area contributed by atoms with Crippen molar-refractivity contribution in [1.29, 1.82) is 0 Å². The Morgan fingerprint density at radius 2 is 2.50 bits per heavy atom. The Morgan fingerprint density at radius 3 is 3.19 bits per heavy atom. The summed E-state index contributed by atoms with van der Waals surface area (Å²) in [6.45, 7) is 4.15. The Hall–Kier alpha value is -1.01. The Morgan fingerprint density at radius 1 is 1.62 bits per heavy atom. The van der Waals surface area contributed by atoms with Gasteiger partial charge in [-0.3, -0.25) is 0 Å². The van der Waals surface area contributed by atoms with Crippen LogP contribution in [0.1, 0.15) is 40.5 Å². The smallest absolute Gasteiger partial charge is 0.369 e. The number of hydrogen-bond acceptors (Lipinski definition) is 6. The van der Waals surface area contributed by atoms with Gasteiger partial charge in [0.2, 0.25) is 5.01 Å². The lowest BCUT2D eigenvalue weighted by Gasteiger charge is -2.19. The van der Waals surface area contributed by atoms with Crippen LogP contribution >= 0.6 is 11.3 Å². The van der Waals surface area contributed by atoms with E-state index in [1.165, 1.54) is 11.3 Å². The fourth-order valence-corrected chi connectivity index (χ4v) is 2.61. The van der Waals surface area contributed by atoms with E-state index >= 15 is 0 Å². The third kappa shape index (κ3) is 2.56. The number of carbonyl (C=O) groups excluding carboxylic acids is 1. The number of nitrogens with one attached hydrogen (secondary N) is 1. The van der Waals surface area contributed by atoms with Gasteiger partial charge in [-0.05, 0) is 26.3 Å². The highest BCUT2D eigenvalue weighted by molar-refractivity contribution is 7.13. The molecule has 6 heteroatoms. The topological polar surface area (TPSA) is 64.1 Å². The number of esters is 1. The van der Waals surface area contributed by atoms with Gasteiger partial charge < -0.3 is 10.1 Å². The maximum absolute atomic E-state index is 11.4. The number of hydrogen-bond donors (Lipinski definition) is 1. The van der Waals surface area contributed by atoms with Crippen molar-refractivity contribution in [2.45, 2.75) is 25.7 Å². The molecule has 0 saturated carbocycles. The Kier molecular flexibility index (Phi) is 3.84. The van der Waals surface area contributed by atoms with Crippen LogP contribution in [0.5, 0.6) is 0 Å². The van der Waals surface area contributed by atoms with Gasteiger partial charge in [-0.25, -0.2) is 4.79 Å². The van der Waals surface area contributed by atoms with Gasteiger partial charge >= 0.3 is 5.97 Å². The van der Waals surface area contributed by atoms with Crippen LogP contribution in [-0.2, 0) is 4.74 Å². The zero-order valence-electron chi connectivity index (χ0n) is 9.23. The number of ether oxygens (including phenoxy) is 1. The van der Waals surface area contributed by atoms with E-state index in [9.17, 15) is 4.79 Å². The second kappa shape index (κ2) is 5.36. The molecule has 2 heterocycles. The van der Waals surface area contributed by atoms with Gasteiger partial charge in [-0.15, -0.1) is 10.2 Å². The largest absolute Gasteiger partial charge is 0.461 e. The average Bonchev–Trinajstić information content (AvgIpc) is 2.80. The fraction of sp³-hybridized carbons (Fsp3) is 0.700. The lowest BCUT2D eigenvalue weighted by molar-refractivity contribution is 0.0525. The molecule has 0 radical (unpaired) electrons. The van der Waals surface area contributed by atoms with Crippen molar-refractivity contribution in [2.75, 3.05) is 19.7 Å². The van der Waals surface area contributed by atoms with E-state index in [4.69, 9.17) is 4.74 Å². The summed E-state index contributed by atoms with van der Waals surface area (Å²) in [5, 5.41) is 12.6. The van der Waals surface area contributed by atoms with Crippen molar-refractivity contribution in [2.24, 2.45) is 0 Å². The minimum absolute atomic E-state index is 0.363. The molecule has 1 fully saturated rings. The summed E-state index contributed by atoms with van der Waals surface area (Å²) in [4.78, 5) is 11.4. The Balaban J connectivity index is 2.03. The number of nitrogens with zero attached hydrogens (tertiary/aromatic N) is 2. The number of piperidine rings is 1. The maximum Gasteiger partial charge on any atom is 0.369 e.